The lowest BCUT2D eigenvalue weighted by Gasteiger charge is -2.23. The molecular formula is C16H25NO2. The lowest BCUT2D eigenvalue weighted by Crippen LogP contribution is -2.26. The van der Waals surface area contributed by atoms with Crippen LogP contribution in [0.2, 0.25) is 0 Å². The van der Waals surface area contributed by atoms with E-state index >= 15 is 0 Å². The fourth-order valence-corrected chi connectivity index (χ4v) is 2.55. The van der Waals surface area contributed by atoms with Gasteiger partial charge in [0.15, 0.2) is 0 Å². The Morgan fingerprint density at radius 1 is 1.21 bits per heavy atom. The molecule has 0 aliphatic rings. The van der Waals surface area contributed by atoms with Crippen LogP contribution in [0.4, 0.5) is 0 Å². The molecule has 0 heterocycles. The number of carbonyl (C=O) groups is 1. The standard InChI is InChI=1S/C16H25NO2/c1-10-5-11(2)7-14(6-10)13(4)12(3)8-15(9-17)16(18)19/h5-7,12-13,15H,8-9,17H2,1-4H3,(H,18,19). The summed E-state index contributed by atoms with van der Waals surface area (Å²) < 4.78 is 0. The summed E-state index contributed by atoms with van der Waals surface area (Å²) in [7, 11) is 0. The van der Waals surface area contributed by atoms with Crippen LogP contribution in [0.1, 0.15) is 42.9 Å². The fourth-order valence-electron chi connectivity index (χ4n) is 2.55. The van der Waals surface area contributed by atoms with Crippen LogP contribution in [0.15, 0.2) is 18.2 Å². The van der Waals surface area contributed by atoms with Crippen molar-refractivity contribution in [1.29, 1.82) is 0 Å². The van der Waals surface area contributed by atoms with Crippen LogP contribution in [0.25, 0.3) is 0 Å². The predicted molar refractivity (Wildman–Crippen MR) is 78.3 cm³/mol. The number of rotatable bonds is 6. The first-order chi connectivity index (χ1) is 8.85. The number of aliphatic carboxylic acids is 1. The minimum Gasteiger partial charge on any atom is -0.481 e. The van der Waals surface area contributed by atoms with E-state index < -0.39 is 11.9 Å². The van der Waals surface area contributed by atoms with Crippen molar-refractivity contribution in [3.63, 3.8) is 0 Å². The lowest BCUT2D eigenvalue weighted by atomic mass is 9.82. The molecule has 1 aromatic carbocycles. The Balaban J connectivity index is 2.81. The molecule has 3 N–H and O–H groups in total. The van der Waals surface area contributed by atoms with Gasteiger partial charge < -0.3 is 10.8 Å². The van der Waals surface area contributed by atoms with Gasteiger partial charge in [-0.2, -0.15) is 0 Å². The number of nitrogens with two attached hydrogens (primary N) is 1. The highest BCUT2D eigenvalue weighted by molar-refractivity contribution is 5.70. The van der Waals surface area contributed by atoms with Gasteiger partial charge in [-0.05, 0) is 37.7 Å². The van der Waals surface area contributed by atoms with Gasteiger partial charge in [-0.3, -0.25) is 4.79 Å². The molecule has 0 radical (unpaired) electrons. The Morgan fingerprint density at radius 3 is 2.16 bits per heavy atom. The number of benzene rings is 1. The van der Waals surface area contributed by atoms with Gasteiger partial charge in [0.1, 0.15) is 0 Å². The zero-order valence-corrected chi connectivity index (χ0v) is 12.3. The second kappa shape index (κ2) is 6.71. The number of carboxylic acid groups (broad SMARTS) is 1. The summed E-state index contributed by atoms with van der Waals surface area (Å²) in [5.74, 6) is -0.594. The van der Waals surface area contributed by atoms with Gasteiger partial charge >= 0.3 is 5.97 Å². The molecule has 0 bridgehead atoms. The minimum atomic E-state index is -0.790. The van der Waals surface area contributed by atoms with Gasteiger partial charge in [-0.15, -0.1) is 0 Å². The molecule has 0 aromatic heterocycles. The number of carboxylic acids is 1. The minimum absolute atomic E-state index is 0.208. The van der Waals surface area contributed by atoms with E-state index in [1.54, 1.807) is 0 Å². The van der Waals surface area contributed by atoms with Crippen LogP contribution in [-0.4, -0.2) is 17.6 Å². The monoisotopic (exact) mass is 263 g/mol. The normalized spacial score (nSPS) is 15.8. The van der Waals surface area contributed by atoms with Gasteiger partial charge in [0, 0.05) is 6.54 Å². The molecule has 0 spiro atoms. The molecule has 106 valence electrons. The average molecular weight is 263 g/mol. The molecule has 3 atom stereocenters. The molecule has 3 heteroatoms. The number of hydrogen-bond acceptors (Lipinski definition) is 2. The highest BCUT2D eigenvalue weighted by atomic mass is 16.4. The van der Waals surface area contributed by atoms with Gasteiger partial charge in [0.05, 0.1) is 5.92 Å². The van der Waals surface area contributed by atoms with Gasteiger partial charge in [0.2, 0.25) is 0 Å². The lowest BCUT2D eigenvalue weighted by molar-refractivity contribution is -0.142. The summed E-state index contributed by atoms with van der Waals surface area (Å²) in [6, 6.07) is 6.53. The van der Waals surface area contributed by atoms with Crippen molar-refractivity contribution in [3.8, 4) is 0 Å². The van der Waals surface area contributed by atoms with Gasteiger partial charge in [0.25, 0.3) is 0 Å². The second-order valence-corrected chi connectivity index (χ2v) is 5.69. The Morgan fingerprint density at radius 2 is 1.74 bits per heavy atom. The van der Waals surface area contributed by atoms with E-state index in [1.807, 2.05) is 0 Å². The molecule has 0 amide bonds. The van der Waals surface area contributed by atoms with Crippen molar-refractivity contribution in [1.82, 2.24) is 0 Å². The Labute approximate surface area is 115 Å². The summed E-state index contributed by atoms with van der Waals surface area (Å²) in [6.45, 7) is 8.66. The van der Waals surface area contributed by atoms with Crippen LogP contribution in [0, 0.1) is 25.7 Å². The number of hydrogen-bond donors (Lipinski definition) is 2. The molecule has 0 aliphatic carbocycles. The average Bonchev–Trinajstić information content (AvgIpc) is 2.33. The smallest absolute Gasteiger partial charge is 0.307 e. The molecule has 1 rings (SSSR count). The highest BCUT2D eigenvalue weighted by Crippen LogP contribution is 2.30. The highest BCUT2D eigenvalue weighted by Gasteiger charge is 2.23. The molecule has 3 unspecified atom stereocenters. The molecule has 19 heavy (non-hydrogen) atoms. The Hall–Kier alpha value is -1.35. The zero-order chi connectivity index (χ0) is 14.6. The maximum absolute atomic E-state index is 11.1. The zero-order valence-electron chi connectivity index (χ0n) is 12.3. The maximum atomic E-state index is 11.1. The van der Waals surface area contributed by atoms with E-state index in [4.69, 9.17) is 10.8 Å². The Kier molecular flexibility index (Phi) is 5.55. The second-order valence-electron chi connectivity index (χ2n) is 5.69. The van der Waals surface area contributed by atoms with Crippen molar-refractivity contribution < 1.29 is 9.90 Å². The molecule has 0 fully saturated rings. The quantitative estimate of drug-likeness (QED) is 0.829. The predicted octanol–water partition coefficient (Wildman–Crippen LogP) is 3.09. The summed E-state index contributed by atoms with van der Waals surface area (Å²) in [4.78, 5) is 11.1. The SMILES string of the molecule is Cc1cc(C)cc(C(C)C(C)CC(CN)C(=O)O)c1. The third-order valence-electron chi connectivity index (χ3n) is 3.91. The van der Waals surface area contributed by atoms with Crippen molar-refractivity contribution in [2.75, 3.05) is 6.54 Å². The molecule has 0 saturated carbocycles. The summed E-state index contributed by atoms with van der Waals surface area (Å²) in [6.07, 6.45) is 0.625. The van der Waals surface area contributed by atoms with E-state index in [0.717, 1.165) is 0 Å². The van der Waals surface area contributed by atoms with E-state index in [0.29, 0.717) is 18.3 Å². The molecule has 0 aliphatic heterocycles. The van der Waals surface area contributed by atoms with Crippen molar-refractivity contribution >= 4 is 5.97 Å². The maximum Gasteiger partial charge on any atom is 0.307 e. The largest absolute Gasteiger partial charge is 0.481 e. The van der Waals surface area contributed by atoms with Crippen molar-refractivity contribution in [3.05, 3.63) is 34.9 Å². The molecule has 0 saturated heterocycles. The van der Waals surface area contributed by atoms with Crippen molar-refractivity contribution in [2.45, 2.75) is 40.0 Å². The van der Waals surface area contributed by atoms with Crippen molar-refractivity contribution in [2.24, 2.45) is 17.6 Å². The first kappa shape index (κ1) is 15.7. The summed E-state index contributed by atoms with van der Waals surface area (Å²) >= 11 is 0. The third kappa shape index (κ3) is 4.35. The number of aryl methyl sites for hydroxylation is 2. The first-order valence-corrected chi connectivity index (χ1v) is 6.86. The summed E-state index contributed by atoms with van der Waals surface area (Å²) in [5, 5.41) is 9.08. The third-order valence-corrected chi connectivity index (χ3v) is 3.91. The van der Waals surface area contributed by atoms with Gasteiger partial charge in [-0.25, -0.2) is 0 Å². The van der Waals surface area contributed by atoms with Gasteiger partial charge in [-0.1, -0.05) is 43.2 Å². The van der Waals surface area contributed by atoms with E-state index in [1.165, 1.54) is 16.7 Å². The molecule has 1 aromatic rings. The molecule has 3 nitrogen and oxygen atoms in total. The van der Waals surface area contributed by atoms with Crippen LogP contribution >= 0.6 is 0 Å². The molecular weight excluding hydrogens is 238 g/mol. The first-order valence-electron chi connectivity index (χ1n) is 6.86. The fraction of sp³-hybridized carbons (Fsp3) is 0.562. The van der Waals surface area contributed by atoms with Crippen LogP contribution in [0.5, 0.6) is 0 Å². The Bertz CT molecular complexity index is 422. The topological polar surface area (TPSA) is 63.3 Å². The van der Waals surface area contributed by atoms with E-state index in [9.17, 15) is 4.79 Å². The van der Waals surface area contributed by atoms with Crippen LogP contribution in [-0.2, 0) is 4.79 Å². The van der Waals surface area contributed by atoms with E-state index in [2.05, 4.69) is 45.9 Å². The van der Waals surface area contributed by atoms with E-state index in [-0.39, 0.29) is 6.54 Å². The van der Waals surface area contributed by atoms with Crippen LogP contribution < -0.4 is 5.73 Å². The summed E-state index contributed by atoms with van der Waals surface area (Å²) in [5.41, 5.74) is 9.32. The van der Waals surface area contributed by atoms with Crippen LogP contribution in [0.3, 0.4) is 0 Å².